The Morgan fingerprint density at radius 3 is 2.21 bits per heavy atom. The molecule has 2 aromatic carbocycles. The first-order valence-electron chi connectivity index (χ1n) is 8.00. The molecule has 1 aliphatic rings. The maximum absolute atomic E-state index is 13.0. The molecule has 24 heavy (non-hydrogen) atoms. The molecule has 0 bridgehead atoms. The standard InChI is InChI=1S/C20H17NO2S/c22-24(23,17-9-5-2-6-10-17)19-14-12-16-11-13-18(21-20(16)19)15-7-3-1-4-8-15/h1-11,13,19H,12,14H2. The molecule has 4 heteroatoms. The average Bonchev–Trinajstić information content (AvgIpc) is 3.07. The fourth-order valence-corrected chi connectivity index (χ4v) is 5.05. The number of sulfone groups is 1. The van der Waals surface area contributed by atoms with Crippen LogP contribution in [-0.4, -0.2) is 13.4 Å². The summed E-state index contributed by atoms with van der Waals surface area (Å²) in [5, 5.41) is -0.557. The summed E-state index contributed by atoms with van der Waals surface area (Å²) >= 11 is 0. The van der Waals surface area contributed by atoms with Gasteiger partial charge < -0.3 is 0 Å². The van der Waals surface area contributed by atoms with Gasteiger partial charge in [0.05, 0.1) is 16.3 Å². The second-order valence-electron chi connectivity index (χ2n) is 5.99. The van der Waals surface area contributed by atoms with Gasteiger partial charge in [0.1, 0.15) is 5.25 Å². The van der Waals surface area contributed by atoms with Crippen molar-refractivity contribution >= 4 is 9.84 Å². The van der Waals surface area contributed by atoms with Crippen LogP contribution in [0.1, 0.15) is 22.9 Å². The van der Waals surface area contributed by atoms with Crippen LogP contribution in [0.2, 0.25) is 0 Å². The largest absolute Gasteiger partial charge is 0.251 e. The Morgan fingerprint density at radius 1 is 0.833 bits per heavy atom. The summed E-state index contributed by atoms with van der Waals surface area (Å²) in [5.41, 5.74) is 3.58. The van der Waals surface area contributed by atoms with Crippen molar-refractivity contribution in [3.63, 3.8) is 0 Å². The van der Waals surface area contributed by atoms with Crippen molar-refractivity contribution in [2.75, 3.05) is 0 Å². The Labute approximate surface area is 141 Å². The SMILES string of the molecule is O=S(=O)(c1ccccc1)C1CCc2ccc(-c3ccccc3)nc21. The molecule has 0 N–H and O–H groups in total. The fourth-order valence-electron chi connectivity index (χ4n) is 3.26. The van der Waals surface area contributed by atoms with E-state index in [1.807, 2.05) is 48.5 Å². The summed E-state index contributed by atoms with van der Waals surface area (Å²) in [6.07, 6.45) is 1.35. The van der Waals surface area contributed by atoms with Crippen molar-refractivity contribution in [3.8, 4) is 11.3 Å². The number of rotatable bonds is 3. The van der Waals surface area contributed by atoms with Crippen LogP contribution >= 0.6 is 0 Å². The van der Waals surface area contributed by atoms with Gasteiger partial charge in [-0.1, -0.05) is 54.6 Å². The molecule has 1 aromatic heterocycles. The smallest absolute Gasteiger partial charge is 0.186 e. The highest BCUT2D eigenvalue weighted by atomic mass is 32.2. The summed E-state index contributed by atoms with van der Waals surface area (Å²) in [7, 11) is -3.41. The maximum Gasteiger partial charge on any atom is 0.186 e. The van der Waals surface area contributed by atoms with Gasteiger partial charge in [-0.25, -0.2) is 8.42 Å². The second-order valence-corrected chi connectivity index (χ2v) is 8.12. The molecule has 0 fully saturated rings. The lowest BCUT2D eigenvalue weighted by molar-refractivity contribution is 0.579. The molecule has 0 aliphatic heterocycles. The summed E-state index contributed by atoms with van der Waals surface area (Å²) in [6.45, 7) is 0. The van der Waals surface area contributed by atoms with Gasteiger partial charge >= 0.3 is 0 Å². The molecule has 0 radical (unpaired) electrons. The van der Waals surface area contributed by atoms with Crippen LogP contribution in [0.5, 0.6) is 0 Å². The van der Waals surface area contributed by atoms with E-state index >= 15 is 0 Å². The van der Waals surface area contributed by atoms with Gasteiger partial charge in [-0.3, -0.25) is 4.98 Å². The van der Waals surface area contributed by atoms with E-state index in [1.54, 1.807) is 24.3 Å². The molecule has 1 unspecified atom stereocenters. The average molecular weight is 335 g/mol. The lowest BCUT2D eigenvalue weighted by Gasteiger charge is -2.13. The molecule has 1 heterocycles. The molecule has 4 rings (SSSR count). The number of nitrogens with zero attached hydrogens (tertiary/aromatic N) is 1. The molecule has 0 amide bonds. The number of pyridine rings is 1. The van der Waals surface area contributed by atoms with Crippen LogP contribution in [0.3, 0.4) is 0 Å². The van der Waals surface area contributed by atoms with E-state index < -0.39 is 15.1 Å². The molecule has 120 valence electrons. The Balaban J connectivity index is 1.79. The lowest BCUT2D eigenvalue weighted by Crippen LogP contribution is -2.12. The third kappa shape index (κ3) is 2.53. The van der Waals surface area contributed by atoms with Crippen LogP contribution in [0.15, 0.2) is 77.7 Å². The van der Waals surface area contributed by atoms with Crippen LogP contribution < -0.4 is 0 Å². The van der Waals surface area contributed by atoms with Crippen molar-refractivity contribution in [3.05, 3.63) is 84.1 Å². The maximum atomic E-state index is 13.0. The van der Waals surface area contributed by atoms with E-state index in [9.17, 15) is 8.42 Å². The number of hydrogen-bond donors (Lipinski definition) is 0. The quantitative estimate of drug-likeness (QED) is 0.720. The molecule has 0 saturated heterocycles. The van der Waals surface area contributed by atoms with E-state index in [-0.39, 0.29) is 0 Å². The zero-order valence-electron chi connectivity index (χ0n) is 13.1. The van der Waals surface area contributed by atoms with Crippen LogP contribution in [-0.2, 0) is 16.3 Å². The summed E-state index contributed by atoms with van der Waals surface area (Å²) in [4.78, 5) is 5.09. The van der Waals surface area contributed by atoms with Crippen molar-refractivity contribution in [1.82, 2.24) is 4.98 Å². The molecule has 0 spiro atoms. The van der Waals surface area contributed by atoms with Gasteiger partial charge in [0, 0.05) is 5.56 Å². The minimum Gasteiger partial charge on any atom is -0.251 e. The Hall–Kier alpha value is -2.46. The van der Waals surface area contributed by atoms with E-state index in [0.29, 0.717) is 17.0 Å². The van der Waals surface area contributed by atoms with Crippen LogP contribution in [0.4, 0.5) is 0 Å². The molecular formula is C20H17NO2S. The normalized spacial score (nSPS) is 16.8. The van der Waals surface area contributed by atoms with Crippen LogP contribution in [0.25, 0.3) is 11.3 Å². The molecule has 0 saturated carbocycles. The van der Waals surface area contributed by atoms with Crippen LogP contribution in [0, 0.1) is 0 Å². The summed E-state index contributed by atoms with van der Waals surface area (Å²) < 4.78 is 26.0. The third-order valence-corrected chi connectivity index (χ3v) is 6.65. The van der Waals surface area contributed by atoms with Gasteiger partial charge in [0.25, 0.3) is 0 Å². The molecule has 3 nitrogen and oxygen atoms in total. The minimum absolute atomic E-state index is 0.370. The van der Waals surface area contributed by atoms with E-state index in [4.69, 9.17) is 4.98 Å². The van der Waals surface area contributed by atoms with Gasteiger partial charge in [-0.05, 0) is 36.6 Å². The van der Waals surface area contributed by atoms with Crippen molar-refractivity contribution in [1.29, 1.82) is 0 Å². The van der Waals surface area contributed by atoms with Gasteiger partial charge in [0.2, 0.25) is 0 Å². The number of hydrogen-bond acceptors (Lipinski definition) is 3. The Bertz CT molecular complexity index is 967. The van der Waals surface area contributed by atoms with Crippen molar-refractivity contribution in [2.24, 2.45) is 0 Å². The molecule has 3 aromatic rings. The Kier molecular flexibility index (Phi) is 3.69. The first-order chi connectivity index (χ1) is 11.7. The number of aryl methyl sites for hydroxylation is 1. The van der Waals surface area contributed by atoms with Gasteiger partial charge in [0.15, 0.2) is 9.84 Å². The van der Waals surface area contributed by atoms with E-state index in [0.717, 1.165) is 23.2 Å². The predicted octanol–water partition coefficient (Wildman–Crippen LogP) is 4.21. The van der Waals surface area contributed by atoms with E-state index in [2.05, 4.69) is 0 Å². The fraction of sp³-hybridized carbons (Fsp3) is 0.150. The lowest BCUT2D eigenvalue weighted by atomic mass is 10.1. The van der Waals surface area contributed by atoms with Gasteiger partial charge in [-0.2, -0.15) is 0 Å². The summed E-state index contributed by atoms with van der Waals surface area (Å²) in [5.74, 6) is 0. The first-order valence-corrected chi connectivity index (χ1v) is 9.55. The topological polar surface area (TPSA) is 47.0 Å². The molecular weight excluding hydrogens is 318 g/mol. The predicted molar refractivity (Wildman–Crippen MR) is 94.4 cm³/mol. The molecule has 1 atom stereocenters. The second kappa shape index (κ2) is 5.87. The monoisotopic (exact) mass is 335 g/mol. The first kappa shape index (κ1) is 15.1. The molecule has 1 aliphatic carbocycles. The van der Waals surface area contributed by atoms with Crippen molar-refractivity contribution < 1.29 is 8.42 Å². The highest BCUT2D eigenvalue weighted by Crippen LogP contribution is 2.40. The Morgan fingerprint density at radius 2 is 1.50 bits per heavy atom. The highest BCUT2D eigenvalue weighted by Gasteiger charge is 2.36. The zero-order valence-corrected chi connectivity index (χ0v) is 13.9. The van der Waals surface area contributed by atoms with Crippen molar-refractivity contribution in [2.45, 2.75) is 23.0 Å². The third-order valence-electron chi connectivity index (χ3n) is 4.51. The number of benzene rings is 2. The van der Waals surface area contributed by atoms with E-state index in [1.165, 1.54) is 0 Å². The number of fused-ring (bicyclic) bond motifs is 1. The summed E-state index contributed by atoms with van der Waals surface area (Å²) in [6, 6.07) is 22.5. The zero-order chi connectivity index (χ0) is 16.6. The van der Waals surface area contributed by atoms with Gasteiger partial charge in [-0.15, -0.1) is 0 Å². The highest BCUT2D eigenvalue weighted by molar-refractivity contribution is 7.91. The number of aromatic nitrogens is 1. The minimum atomic E-state index is -3.41.